The second-order valence-corrected chi connectivity index (χ2v) is 4.96. The molecule has 1 N–H and O–H groups in total. The van der Waals surface area contributed by atoms with E-state index < -0.39 is 0 Å². The molecule has 2 rings (SSSR count). The maximum atomic E-state index is 12.4. The van der Waals surface area contributed by atoms with Gasteiger partial charge in [-0.25, -0.2) is 0 Å². The Morgan fingerprint density at radius 3 is 2.39 bits per heavy atom. The van der Waals surface area contributed by atoms with E-state index in [0.29, 0.717) is 0 Å². The van der Waals surface area contributed by atoms with Gasteiger partial charge in [0.1, 0.15) is 0 Å². The number of piperidine rings is 1. The molecule has 3 nitrogen and oxygen atoms in total. The van der Waals surface area contributed by atoms with Crippen molar-refractivity contribution in [1.29, 1.82) is 0 Å². The summed E-state index contributed by atoms with van der Waals surface area (Å²) in [6.07, 6.45) is 1.81. The Hall–Kier alpha value is -1.35. The summed E-state index contributed by atoms with van der Waals surface area (Å²) in [6, 6.07) is 10.2. The molecule has 1 amide bonds. The smallest absolute Gasteiger partial charge is 0.230 e. The molecule has 1 aromatic carbocycles. The topological polar surface area (TPSA) is 32.3 Å². The highest BCUT2D eigenvalue weighted by Crippen LogP contribution is 2.35. The summed E-state index contributed by atoms with van der Waals surface area (Å²) in [7, 11) is 1.74. The summed E-state index contributed by atoms with van der Waals surface area (Å²) in [5.41, 5.74) is 0.821. The number of nitrogens with one attached hydrogen (secondary N) is 1. The first-order valence-electron chi connectivity index (χ1n) is 6.73. The van der Waals surface area contributed by atoms with Gasteiger partial charge in [0.25, 0.3) is 0 Å². The van der Waals surface area contributed by atoms with Crippen molar-refractivity contribution in [2.24, 2.45) is 0 Å². The van der Waals surface area contributed by atoms with Crippen LogP contribution < -0.4 is 5.32 Å². The molecule has 0 unspecified atom stereocenters. The van der Waals surface area contributed by atoms with E-state index in [1.807, 2.05) is 18.2 Å². The van der Waals surface area contributed by atoms with Crippen LogP contribution in [0.3, 0.4) is 0 Å². The number of likely N-dealkylation sites (tertiary alicyclic amines) is 1. The lowest BCUT2D eigenvalue weighted by Gasteiger charge is -2.40. The average molecular weight is 246 g/mol. The number of nitrogens with zero attached hydrogens (tertiary/aromatic N) is 1. The molecule has 0 saturated carbocycles. The van der Waals surface area contributed by atoms with Gasteiger partial charge in [-0.3, -0.25) is 4.79 Å². The second-order valence-electron chi connectivity index (χ2n) is 4.96. The minimum absolute atomic E-state index is 0.157. The molecular weight excluding hydrogens is 224 g/mol. The number of rotatable bonds is 3. The third-order valence-electron chi connectivity index (χ3n) is 4.14. The molecular formula is C15H22N2O. The van der Waals surface area contributed by atoms with Crippen LogP contribution in [0.25, 0.3) is 0 Å². The third kappa shape index (κ3) is 2.27. The van der Waals surface area contributed by atoms with Gasteiger partial charge in [0.05, 0.1) is 5.41 Å². The summed E-state index contributed by atoms with van der Waals surface area (Å²) < 4.78 is 0. The van der Waals surface area contributed by atoms with Gasteiger partial charge in [0.2, 0.25) is 5.91 Å². The highest BCUT2D eigenvalue weighted by molar-refractivity contribution is 5.88. The quantitative estimate of drug-likeness (QED) is 0.882. The Labute approximate surface area is 109 Å². The average Bonchev–Trinajstić information content (AvgIpc) is 2.47. The van der Waals surface area contributed by atoms with Gasteiger partial charge in [0.15, 0.2) is 0 Å². The van der Waals surface area contributed by atoms with E-state index in [2.05, 4.69) is 29.3 Å². The van der Waals surface area contributed by atoms with Crippen LogP contribution in [0.5, 0.6) is 0 Å². The van der Waals surface area contributed by atoms with Crippen molar-refractivity contribution in [2.75, 3.05) is 26.7 Å². The van der Waals surface area contributed by atoms with E-state index >= 15 is 0 Å². The largest absolute Gasteiger partial charge is 0.358 e. The van der Waals surface area contributed by atoms with Gasteiger partial charge in [-0.05, 0) is 38.0 Å². The van der Waals surface area contributed by atoms with Gasteiger partial charge in [-0.1, -0.05) is 37.3 Å². The predicted molar refractivity (Wildman–Crippen MR) is 73.5 cm³/mol. The Balaban J connectivity index is 2.29. The molecule has 1 aliphatic rings. The zero-order valence-electron chi connectivity index (χ0n) is 11.3. The number of hydrogen-bond acceptors (Lipinski definition) is 2. The zero-order chi connectivity index (χ0) is 13.0. The number of amides is 1. The van der Waals surface area contributed by atoms with Crippen LogP contribution in [0.4, 0.5) is 0 Å². The third-order valence-corrected chi connectivity index (χ3v) is 4.14. The molecule has 1 aliphatic heterocycles. The standard InChI is InChI=1S/C15H22N2O/c1-3-17-11-9-15(10-12-17,14(18)16-2)13-7-5-4-6-8-13/h4-8H,3,9-12H2,1-2H3,(H,16,18). The van der Waals surface area contributed by atoms with Crippen molar-refractivity contribution in [3.8, 4) is 0 Å². The summed E-state index contributed by atoms with van der Waals surface area (Å²) in [4.78, 5) is 14.8. The van der Waals surface area contributed by atoms with Crippen molar-refractivity contribution in [2.45, 2.75) is 25.2 Å². The number of carbonyl (C=O) groups is 1. The SMILES string of the molecule is CCN1CCC(C(=O)NC)(c2ccccc2)CC1. The maximum absolute atomic E-state index is 12.4. The molecule has 0 aromatic heterocycles. The van der Waals surface area contributed by atoms with E-state index in [4.69, 9.17) is 0 Å². The van der Waals surface area contributed by atoms with Crippen LogP contribution in [-0.2, 0) is 10.2 Å². The predicted octanol–water partition coefficient (Wildman–Crippen LogP) is 1.79. The molecule has 0 aliphatic carbocycles. The van der Waals surface area contributed by atoms with Crippen LogP contribution in [0.2, 0.25) is 0 Å². The van der Waals surface area contributed by atoms with Crippen LogP contribution in [0, 0.1) is 0 Å². The second kappa shape index (κ2) is 5.53. The molecule has 1 aromatic rings. The van der Waals surface area contributed by atoms with Crippen LogP contribution in [0.15, 0.2) is 30.3 Å². The summed E-state index contributed by atoms with van der Waals surface area (Å²) in [5.74, 6) is 0.157. The van der Waals surface area contributed by atoms with Gasteiger partial charge in [-0.15, -0.1) is 0 Å². The fraction of sp³-hybridized carbons (Fsp3) is 0.533. The van der Waals surface area contributed by atoms with Crippen molar-refractivity contribution in [3.63, 3.8) is 0 Å². The summed E-state index contributed by atoms with van der Waals surface area (Å²) in [6.45, 7) is 5.24. The number of hydrogen-bond donors (Lipinski definition) is 1. The minimum Gasteiger partial charge on any atom is -0.358 e. The van der Waals surface area contributed by atoms with Gasteiger partial charge in [-0.2, -0.15) is 0 Å². The van der Waals surface area contributed by atoms with E-state index in [0.717, 1.165) is 38.0 Å². The fourth-order valence-electron chi connectivity index (χ4n) is 2.89. The number of benzene rings is 1. The lowest BCUT2D eigenvalue weighted by Crippen LogP contribution is -2.50. The van der Waals surface area contributed by atoms with E-state index in [9.17, 15) is 4.79 Å². The lowest BCUT2D eigenvalue weighted by molar-refractivity contribution is -0.128. The molecule has 1 heterocycles. The van der Waals surface area contributed by atoms with E-state index in [1.54, 1.807) is 7.05 Å². The first-order chi connectivity index (χ1) is 8.73. The summed E-state index contributed by atoms with van der Waals surface area (Å²) in [5, 5.41) is 2.85. The normalized spacial score (nSPS) is 19.4. The molecule has 0 bridgehead atoms. The molecule has 0 atom stereocenters. The van der Waals surface area contributed by atoms with Crippen LogP contribution in [0.1, 0.15) is 25.3 Å². The molecule has 1 fully saturated rings. The highest BCUT2D eigenvalue weighted by atomic mass is 16.2. The van der Waals surface area contributed by atoms with Crippen LogP contribution >= 0.6 is 0 Å². The fourth-order valence-corrected chi connectivity index (χ4v) is 2.89. The maximum Gasteiger partial charge on any atom is 0.230 e. The first kappa shape index (κ1) is 13.1. The van der Waals surface area contributed by atoms with Gasteiger partial charge < -0.3 is 10.2 Å². The van der Waals surface area contributed by atoms with Crippen molar-refractivity contribution >= 4 is 5.91 Å². The summed E-state index contributed by atoms with van der Waals surface area (Å²) >= 11 is 0. The Bertz CT molecular complexity index is 394. The van der Waals surface area contributed by atoms with Crippen LogP contribution in [-0.4, -0.2) is 37.5 Å². The Morgan fingerprint density at radius 1 is 1.28 bits per heavy atom. The van der Waals surface area contributed by atoms with Gasteiger partial charge in [0, 0.05) is 7.05 Å². The van der Waals surface area contributed by atoms with Crippen molar-refractivity contribution in [3.05, 3.63) is 35.9 Å². The zero-order valence-corrected chi connectivity index (χ0v) is 11.3. The first-order valence-corrected chi connectivity index (χ1v) is 6.73. The molecule has 3 heteroatoms. The lowest BCUT2D eigenvalue weighted by atomic mass is 9.72. The molecule has 0 radical (unpaired) electrons. The number of likely N-dealkylation sites (N-methyl/N-ethyl adjacent to an activating group) is 1. The monoisotopic (exact) mass is 246 g/mol. The minimum atomic E-state index is -0.332. The molecule has 1 saturated heterocycles. The molecule has 0 spiro atoms. The molecule has 98 valence electrons. The Morgan fingerprint density at radius 2 is 1.89 bits per heavy atom. The Kier molecular flexibility index (Phi) is 4.02. The number of carbonyl (C=O) groups excluding carboxylic acids is 1. The highest BCUT2D eigenvalue weighted by Gasteiger charge is 2.41. The van der Waals surface area contributed by atoms with Crippen molar-refractivity contribution in [1.82, 2.24) is 10.2 Å². The van der Waals surface area contributed by atoms with E-state index in [-0.39, 0.29) is 11.3 Å². The van der Waals surface area contributed by atoms with Gasteiger partial charge >= 0.3 is 0 Å². The molecule has 18 heavy (non-hydrogen) atoms. The van der Waals surface area contributed by atoms with Crippen molar-refractivity contribution < 1.29 is 4.79 Å². The van der Waals surface area contributed by atoms with E-state index in [1.165, 1.54) is 0 Å².